The number of benzene rings is 1. The van der Waals surface area contributed by atoms with Gasteiger partial charge in [-0.15, -0.1) is 0 Å². The zero-order chi connectivity index (χ0) is 21.5. The number of anilines is 1. The molecule has 0 saturated carbocycles. The van der Waals surface area contributed by atoms with Crippen molar-refractivity contribution in [2.45, 2.75) is 32.7 Å². The van der Waals surface area contributed by atoms with E-state index in [0.717, 1.165) is 34.9 Å². The molecule has 1 aromatic rings. The van der Waals surface area contributed by atoms with Crippen LogP contribution in [0.5, 0.6) is 0 Å². The summed E-state index contributed by atoms with van der Waals surface area (Å²) in [4.78, 5) is 51.7. The zero-order valence-corrected chi connectivity index (χ0v) is 16.9. The van der Waals surface area contributed by atoms with Crippen molar-refractivity contribution in [2.24, 2.45) is 5.92 Å². The smallest absolute Gasteiger partial charge is 0.333 e. The monoisotopic (exact) mass is 400 g/mol. The summed E-state index contributed by atoms with van der Waals surface area (Å²) < 4.78 is 0. The summed E-state index contributed by atoms with van der Waals surface area (Å²) in [5.41, 5.74) is 0.806. The third-order valence-corrected chi connectivity index (χ3v) is 5.61. The van der Waals surface area contributed by atoms with Crippen LogP contribution in [0.25, 0.3) is 6.08 Å². The number of piperidine rings is 1. The molecule has 2 fully saturated rings. The largest absolute Gasteiger partial charge is 0.368 e. The van der Waals surface area contributed by atoms with Crippen LogP contribution in [0.4, 0.5) is 16.2 Å². The maximum atomic E-state index is 12.6. The van der Waals surface area contributed by atoms with Crippen LogP contribution in [0.15, 0.2) is 23.8 Å². The Hall–Kier alpha value is -3.23. The molecule has 0 unspecified atom stereocenters. The van der Waals surface area contributed by atoms with Gasteiger partial charge in [-0.1, -0.05) is 6.92 Å². The van der Waals surface area contributed by atoms with Crippen LogP contribution in [0.1, 0.15) is 32.3 Å². The number of rotatable bonds is 3. The Morgan fingerprint density at radius 2 is 1.72 bits per heavy atom. The minimum atomic E-state index is -0.726. The molecule has 9 nitrogen and oxygen atoms in total. The number of likely N-dealkylation sites (N-methyl/N-ethyl adjacent to an activating group) is 2. The van der Waals surface area contributed by atoms with Gasteiger partial charge in [0, 0.05) is 50.1 Å². The highest BCUT2D eigenvalue weighted by Crippen LogP contribution is 2.34. The SMILES string of the molecule is C[C@H]1CCN(c2ccc([N+](=O)[O-])cc2C=C2C(=O)N(C)C(=O)N(C)C2=O)[C@H](C)C1. The normalized spacial score (nSPS) is 23.0. The van der Waals surface area contributed by atoms with E-state index in [1.54, 1.807) is 6.07 Å². The lowest BCUT2D eigenvalue weighted by Crippen LogP contribution is -2.52. The van der Waals surface area contributed by atoms with Crippen LogP contribution in [0, 0.1) is 16.0 Å². The van der Waals surface area contributed by atoms with Crippen LogP contribution in [0.3, 0.4) is 0 Å². The van der Waals surface area contributed by atoms with E-state index in [9.17, 15) is 24.5 Å². The second-order valence-corrected chi connectivity index (χ2v) is 7.74. The summed E-state index contributed by atoms with van der Waals surface area (Å²) in [6.45, 7) is 5.05. The molecule has 4 amide bonds. The fraction of sp³-hybridized carbons (Fsp3) is 0.450. The first-order valence-electron chi connectivity index (χ1n) is 9.48. The van der Waals surface area contributed by atoms with Crippen molar-refractivity contribution in [1.29, 1.82) is 0 Å². The highest BCUT2D eigenvalue weighted by Gasteiger charge is 2.38. The van der Waals surface area contributed by atoms with Gasteiger partial charge in [0.05, 0.1) is 4.92 Å². The average molecular weight is 400 g/mol. The molecule has 0 radical (unpaired) electrons. The number of urea groups is 1. The Morgan fingerprint density at radius 3 is 2.28 bits per heavy atom. The fourth-order valence-electron chi connectivity index (χ4n) is 3.93. The number of carbonyl (C=O) groups excluding carboxylic acids is 3. The summed E-state index contributed by atoms with van der Waals surface area (Å²) in [7, 11) is 2.59. The summed E-state index contributed by atoms with van der Waals surface area (Å²) in [5, 5.41) is 11.3. The lowest BCUT2D eigenvalue weighted by Gasteiger charge is -2.39. The van der Waals surface area contributed by atoms with Gasteiger partial charge in [-0.25, -0.2) is 4.79 Å². The van der Waals surface area contributed by atoms with Gasteiger partial charge >= 0.3 is 6.03 Å². The number of nitro groups is 1. The van der Waals surface area contributed by atoms with Gasteiger partial charge in [0.2, 0.25) is 0 Å². The number of non-ortho nitro benzene ring substituents is 1. The highest BCUT2D eigenvalue weighted by molar-refractivity contribution is 6.30. The highest BCUT2D eigenvalue weighted by atomic mass is 16.6. The van der Waals surface area contributed by atoms with Crippen molar-refractivity contribution in [2.75, 3.05) is 25.5 Å². The lowest BCUT2D eigenvalue weighted by atomic mass is 9.92. The minimum absolute atomic E-state index is 0.132. The molecule has 0 N–H and O–H groups in total. The van der Waals surface area contributed by atoms with Crippen LogP contribution in [0.2, 0.25) is 0 Å². The quantitative estimate of drug-likeness (QED) is 0.334. The molecule has 2 aliphatic heterocycles. The van der Waals surface area contributed by atoms with Crippen LogP contribution >= 0.6 is 0 Å². The number of hydrogen-bond donors (Lipinski definition) is 0. The van der Waals surface area contributed by atoms with Crippen molar-refractivity contribution in [3.8, 4) is 0 Å². The Morgan fingerprint density at radius 1 is 1.10 bits per heavy atom. The molecule has 2 atom stereocenters. The first kappa shape index (κ1) is 20.5. The van der Waals surface area contributed by atoms with Crippen molar-refractivity contribution >= 4 is 35.3 Å². The molecule has 29 heavy (non-hydrogen) atoms. The predicted octanol–water partition coefficient (Wildman–Crippen LogP) is 2.65. The van der Waals surface area contributed by atoms with Crippen molar-refractivity contribution < 1.29 is 19.3 Å². The van der Waals surface area contributed by atoms with Crippen molar-refractivity contribution in [1.82, 2.24) is 9.80 Å². The first-order valence-corrected chi connectivity index (χ1v) is 9.48. The Kier molecular flexibility index (Phi) is 5.41. The number of imide groups is 2. The number of carbonyl (C=O) groups is 3. The van der Waals surface area contributed by atoms with E-state index in [0.29, 0.717) is 11.5 Å². The van der Waals surface area contributed by atoms with E-state index in [4.69, 9.17) is 0 Å². The number of barbiturate groups is 1. The molecular formula is C20H24N4O5. The fourth-order valence-corrected chi connectivity index (χ4v) is 3.93. The molecule has 2 aliphatic rings. The summed E-state index contributed by atoms with van der Waals surface area (Å²) >= 11 is 0. The second-order valence-electron chi connectivity index (χ2n) is 7.74. The van der Waals surface area contributed by atoms with Gasteiger partial charge in [0.1, 0.15) is 5.57 Å². The first-order chi connectivity index (χ1) is 13.6. The van der Waals surface area contributed by atoms with E-state index >= 15 is 0 Å². The van der Waals surface area contributed by atoms with E-state index < -0.39 is 22.8 Å². The van der Waals surface area contributed by atoms with E-state index in [1.165, 1.54) is 32.3 Å². The molecule has 0 bridgehead atoms. The number of amides is 4. The third-order valence-electron chi connectivity index (χ3n) is 5.61. The van der Waals surface area contributed by atoms with Gasteiger partial charge in [-0.2, -0.15) is 0 Å². The molecule has 0 spiro atoms. The molecule has 1 aromatic carbocycles. The van der Waals surface area contributed by atoms with Gasteiger partial charge in [-0.05, 0) is 37.8 Å². The van der Waals surface area contributed by atoms with E-state index in [1.807, 2.05) is 0 Å². The molecule has 2 saturated heterocycles. The van der Waals surface area contributed by atoms with Crippen molar-refractivity contribution in [3.05, 3.63) is 39.4 Å². The number of nitrogens with zero attached hydrogens (tertiary/aromatic N) is 4. The Bertz CT molecular complexity index is 899. The number of nitro benzene ring substituents is 1. The summed E-state index contributed by atoms with van der Waals surface area (Å²) in [6.07, 6.45) is 3.32. The maximum Gasteiger partial charge on any atom is 0.333 e. The molecule has 0 aliphatic carbocycles. The standard InChI is InChI=1S/C20H24N4O5/c1-12-7-8-23(13(2)9-12)17-6-5-15(24(28)29)10-14(17)11-16-18(25)21(3)20(27)22(4)19(16)26/h5-6,10-13H,7-9H2,1-4H3/t12-,13+/m0/s1. The van der Waals surface area contributed by atoms with Crippen LogP contribution in [-0.4, -0.2) is 59.3 Å². The second kappa shape index (κ2) is 7.65. The Balaban J connectivity index is 2.11. The van der Waals surface area contributed by atoms with Gasteiger partial charge in [0.25, 0.3) is 17.5 Å². The van der Waals surface area contributed by atoms with Crippen LogP contribution < -0.4 is 4.90 Å². The van der Waals surface area contributed by atoms with Gasteiger partial charge in [-0.3, -0.25) is 29.5 Å². The molecule has 2 heterocycles. The molecular weight excluding hydrogens is 376 g/mol. The minimum Gasteiger partial charge on any atom is -0.368 e. The maximum absolute atomic E-state index is 12.6. The van der Waals surface area contributed by atoms with E-state index in [2.05, 4.69) is 18.7 Å². The summed E-state index contributed by atoms with van der Waals surface area (Å²) in [5.74, 6) is -0.873. The molecule has 0 aromatic heterocycles. The Labute approximate surface area is 168 Å². The topological polar surface area (TPSA) is 104 Å². The average Bonchev–Trinajstić information content (AvgIpc) is 2.68. The van der Waals surface area contributed by atoms with Crippen molar-refractivity contribution in [3.63, 3.8) is 0 Å². The van der Waals surface area contributed by atoms with Crippen LogP contribution in [-0.2, 0) is 9.59 Å². The number of hydrogen-bond acceptors (Lipinski definition) is 6. The molecule has 154 valence electrons. The van der Waals surface area contributed by atoms with Gasteiger partial charge < -0.3 is 4.90 Å². The third kappa shape index (κ3) is 3.72. The van der Waals surface area contributed by atoms with Gasteiger partial charge in [0.15, 0.2) is 0 Å². The zero-order valence-electron chi connectivity index (χ0n) is 16.9. The van der Waals surface area contributed by atoms with E-state index in [-0.39, 0.29) is 17.3 Å². The summed E-state index contributed by atoms with van der Waals surface area (Å²) in [6, 6.07) is 3.95. The molecule has 9 heteroatoms. The predicted molar refractivity (Wildman–Crippen MR) is 107 cm³/mol. The molecule has 3 rings (SSSR count). The lowest BCUT2D eigenvalue weighted by molar-refractivity contribution is -0.384.